The van der Waals surface area contributed by atoms with E-state index in [1.807, 2.05) is 0 Å². The normalized spacial score (nSPS) is 16.2. The van der Waals surface area contributed by atoms with E-state index < -0.39 is 0 Å². The van der Waals surface area contributed by atoms with Crippen LogP contribution in [0.4, 0.5) is 10.5 Å². The molecule has 0 aromatic heterocycles. The van der Waals surface area contributed by atoms with Gasteiger partial charge >= 0.3 is 6.03 Å². The molecule has 0 radical (unpaired) electrons. The van der Waals surface area contributed by atoms with Gasteiger partial charge in [-0.25, -0.2) is 4.79 Å². The lowest BCUT2D eigenvalue weighted by molar-refractivity contribution is 0.206. The van der Waals surface area contributed by atoms with Gasteiger partial charge in [-0.15, -0.1) is 0 Å². The van der Waals surface area contributed by atoms with Crippen LogP contribution in [0.1, 0.15) is 12.8 Å². The molecule has 0 spiro atoms. The Morgan fingerprint density at radius 2 is 2.11 bits per heavy atom. The van der Waals surface area contributed by atoms with E-state index in [4.69, 9.17) is 28.3 Å². The molecular formula is C12H14Cl2N2O2. The number of benzene rings is 1. The van der Waals surface area contributed by atoms with Crippen LogP contribution in [0.25, 0.3) is 0 Å². The number of carbonyl (C=O) groups excluding carboxylic acids is 1. The number of halogens is 2. The van der Waals surface area contributed by atoms with Crippen molar-refractivity contribution >= 4 is 34.9 Å². The first-order chi connectivity index (χ1) is 8.54. The zero-order chi connectivity index (χ0) is 13.2. The highest BCUT2D eigenvalue weighted by molar-refractivity contribution is 6.35. The summed E-state index contributed by atoms with van der Waals surface area (Å²) >= 11 is 11.7. The lowest BCUT2D eigenvalue weighted by Crippen LogP contribution is -2.35. The van der Waals surface area contributed by atoms with Crippen LogP contribution in [0.2, 0.25) is 10.0 Å². The largest absolute Gasteiger partial charge is 0.396 e. The Kier molecular flexibility index (Phi) is 4.00. The summed E-state index contributed by atoms with van der Waals surface area (Å²) in [6, 6.07) is 4.51. The van der Waals surface area contributed by atoms with Crippen molar-refractivity contribution in [3.8, 4) is 0 Å². The van der Waals surface area contributed by atoms with Crippen LogP contribution in [-0.4, -0.2) is 24.3 Å². The van der Waals surface area contributed by atoms with Crippen molar-refractivity contribution in [3.05, 3.63) is 28.2 Å². The van der Waals surface area contributed by atoms with Crippen LogP contribution in [-0.2, 0) is 0 Å². The number of amides is 2. The fraction of sp³-hybridized carbons (Fsp3) is 0.417. The quantitative estimate of drug-likeness (QED) is 0.798. The maximum atomic E-state index is 11.7. The van der Waals surface area contributed by atoms with Gasteiger partial charge in [0.1, 0.15) is 0 Å². The Morgan fingerprint density at radius 3 is 2.72 bits per heavy atom. The average molecular weight is 289 g/mol. The van der Waals surface area contributed by atoms with Crippen molar-refractivity contribution in [1.82, 2.24) is 5.32 Å². The van der Waals surface area contributed by atoms with Gasteiger partial charge in [-0.1, -0.05) is 23.2 Å². The molecule has 6 heteroatoms. The van der Waals surface area contributed by atoms with Crippen LogP contribution < -0.4 is 10.6 Å². The molecule has 0 saturated heterocycles. The molecule has 4 nitrogen and oxygen atoms in total. The van der Waals surface area contributed by atoms with Gasteiger partial charge in [0, 0.05) is 17.0 Å². The van der Waals surface area contributed by atoms with E-state index >= 15 is 0 Å². The molecule has 1 saturated carbocycles. The van der Waals surface area contributed by atoms with Crippen LogP contribution in [0.3, 0.4) is 0 Å². The van der Waals surface area contributed by atoms with Gasteiger partial charge in [-0.05, 0) is 31.0 Å². The fourth-order valence-electron chi connectivity index (χ4n) is 1.60. The average Bonchev–Trinajstić information content (AvgIpc) is 3.12. The highest BCUT2D eigenvalue weighted by Crippen LogP contribution is 2.44. The molecule has 1 aromatic rings. The molecule has 0 aliphatic heterocycles. The Labute approximate surface area is 115 Å². The first-order valence-corrected chi connectivity index (χ1v) is 6.41. The van der Waals surface area contributed by atoms with Gasteiger partial charge < -0.3 is 15.7 Å². The fourth-order valence-corrected chi connectivity index (χ4v) is 1.93. The van der Waals surface area contributed by atoms with Gasteiger partial charge in [0.2, 0.25) is 0 Å². The van der Waals surface area contributed by atoms with E-state index in [1.165, 1.54) is 0 Å². The first-order valence-electron chi connectivity index (χ1n) is 5.65. The predicted molar refractivity (Wildman–Crippen MR) is 72.2 cm³/mol. The van der Waals surface area contributed by atoms with E-state index in [2.05, 4.69) is 10.6 Å². The topological polar surface area (TPSA) is 61.4 Å². The number of hydrogen-bond donors (Lipinski definition) is 3. The van der Waals surface area contributed by atoms with Crippen molar-refractivity contribution in [3.63, 3.8) is 0 Å². The highest BCUT2D eigenvalue weighted by Gasteiger charge is 2.42. The zero-order valence-electron chi connectivity index (χ0n) is 9.67. The van der Waals surface area contributed by atoms with Crippen molar-refractivity contribution < 1.29 is 9.90 Å². The van der Waals surface area contributed by atoms with E-state index in [0.29, 0.717) is 22.3 Å². The molecule has 0 atom stereocenters. The molecule has 1 aliphatic rings. The maximum Gasteiger partial charge on any atom is 0.319 e. The Morgan fingerprint density at radius 1 is 1.39 bits per heavy atom. The third-order valence-electron chi connectivity index (χ3n) is 3.09. The summed E-state index contributed by atoms with van der Waals surface area (Å²) in [5.74, 6) is 0. The molecule has 0 unspecified atom stereocenters. The van der Waals surface area contributed by atoms with Crippen LogP contribution >= 0.6 is 23.2 Å². The SMILES string of the molecule is O=C(NCC1(CO)CC1)Nc1cc(Cl)ccc1Cl. The molecule has 3 N–H and O–H groups in total. The van der Waals surface area contributed by atoms with Crippen LogP contribution in [0.15, 0.2) is 18.2 Å². The smallest absolute Gasteiger partial charge is 0.319 e. The van der Waals surface area contributed by atoms with Crippen molar-refractivity contribution in [1.29, 1.82) is 0 Å². The monoisotopic (exact) mass is 288 g/mol. The van der Waals surface area contributed by atoms with Crippen molar-refractivity contribution in [2.75, 3.05) is 18.5 Å². The number of nitrogens with one attached hydrogen (secondary N) is 2. The summed E-state index contributed by atoms with van der Waals surface area (Å²) in [6.07, 6.45) is 1.89. The third kappa shape index (κ3) is 3.28. The minimum absolute atomic E-state index is 0.102. The summed E-state index contributed by atoms with van der Waals surface area (Å²) in [4.78, 5) is 11.7. The lowest BCUT2D eigenvalue weighted by atomic mass is 10.1. The Balaban J connectivity index is 1.89. The predicted octanol–water partition coefficient (Wildman–Crippen LogP) is 2.89. The second-order valence-corrected chi connectivity index (χ2v) is 5.43. The highest BCUT2D eigenvalue weighted by atomic mass is 35.5. The van der Waals surface area contributed by atoms with E-state index in [-0.39, 0.29) is 18.1 Å². The first kappa shape index (κ1) is 13.5. The molecule has 1 aromatic carbocycles. The maximum absolute atomic E-state index is 11.7. The standard InChI is InChI=1S/C12H14Cl2N2O2/c13-8-1-2-9(14)10(5-8)16-11(18)15-6-12(7-17)3-4-12/h1-2,5,17H,3-4,6-7H2,(H2,15,16,18). The lowest BCUT2D eigenvalue weighted by Gasteiger charge is -2.14. The number of rotatable bonds is 4. The molecule has 2 rings (SSSR count). The van der Waals surface area contributed by atoms with Gasteiger partial charge in [0.05, 0.1) is 17.3 Å². The number of carbonyl (C=O) groups is 1. The van der Waals surface area contributed by atoms with Gasteiger partial charge in [-0.3, -0.25) is 0 Å². The molecule has 18 heavy (non-hydrogen) atoms. The summed E-state index contributed by atoms with van der Waals surface area (Å²) < 4.78 is 0. The zero-order valence-corrected chi connectivity index (χ0v) is 11.2. The molecule has 0 bridgehead atoms. The molecule has 1 fully saturated rings. The molecule has 2 amide bonds. The van der Waals surface area contributed by atoms with Crippen molar-refractivity contribution in [2.24, 2.45) is 5.41 Å². The second-order valence-electron chi connectivity index (χ2n) is 4.59. The number of hydrogen-bond acceptors (Lipinski definition) is 2. The third-order valence-corrected chi connectivity index (χ3v) is 3.66. The summed E-state index contributed by atoms with van der Waals surface area (Å²) in [6.45, 7) is 0.568. The summed E-state index contributed by atoms with van der Waals surface area (Å²) in [5, 5.41) is 15.4. The Bertz CT molecular complexity index is 461. The van der Waals surface area contributed by atoms with E-state index in [0.717, 1.165) is 12.8 Å². The van der Waals surface area contributed by atoms with E-state index in [9.17, 15) is 4.79 Å². The molecule has 1 aliphatic carbocycles. The van der Waals surface area contributed by atoms with Crippen LogP contribution in [0, 0.1) is 5.41 Å². The number of urea groups is 1. The minimum atomic E-state index is -0.348. The van der Waals surface area contributed by atoms with E-state index in [1.54, 1.807) is 18.2 Å². The van der Waals surface area contributed by atoms with Crippen molar-refractivity contribution in [2.45, 2.75) is 12.8 Å². The second kappa shape index (κ2) is 5.34. The molecular weight excluding hydrogens is 275 g/mol. The number of anilines is 1. The molecule has 98 valence electrons. The summed E-state index contributed by atoms with van der Waals surface area (Å²) in [7, 11) is 0. The number of aliphatic hydroxyl groups is 1. The summed E-state index contributed by atoms with van der Waals surface area (Å²) in [5.41, 5.74) is 0.352. The van der Waals surface area contributed by atoms with Crippen LogP contribution in [0.5, 0.6) is 0 Å². The van der Waals surface area contributed by atoms with Gasteiger partial charge in [-0.2, -0.15) is 0 Å². The van der Waals surface area contributed by atoms with Gasteiger partial charge in [0.15, 0.2) is 0 Å². The Hall–Kier alpha value is -0.970. The minimum Gasteiger partial charge on any atom is -0.396 e. The van der Waals surface area contributed by atoms with Gasteiger partial charge in [0.25, 0.3) is 0 Å². The molecule has 0 heterocycles. The number of aliphatic hydroxyl groups excluding tert-OH is 1.